The number of methoxy groups -OCH3 is 1. The van der Waals surface area contributed by atoms with Gasteiger partial charge in [0.1, 0.15) is 34.2 Å². The number of amides is 1. The van der Waals surface area contributed by atoms with Crippen molar-refractivity contribution in [3.63, 3.8) is 0 Å². The summed E-state index contributed by atoms with van der Waals surface area (Å²) < 4.78 is 10.6. The smallest absolute Gasteiger partial charge is 0.261 e. The second-order valence-electron chi connectivity index (χ2n) is 6.36. The largest absolute Gasteiger partial charge is 0.479 e. The monoisotopic (exact) mass is 438 g/mol. The molecule has 158 valence electrons. The van der Waals surface area contributed by atoms with Crippen LogP contribution < -0.4 is 15.8 Å². The third kappa shape index (κ3) is 4.46. The minimum absolute atomic E-state index is 0. The Morgan fingerprint density at radius 2 is 1.84 bits per heavy atom. The summed E-state index contributed by atoms with van der Waals surface area (Å²) in [7, 11) is 1.47. The fourth-order valence-corrected chi connectivity index (χ4v) is 2.92. The number of nitrogens with two attached hydrogens (primary N) is 1. The molecule has 0 atom stereocenters. The highest BCUT2D eigenvalue weighted by Crippen LogP contribution is 2.29. The van der Waals surface area contributed by atoms with Crippen LogP contribution in [0.4, 0.5) is 11.5 Å². The number of aromatic nitrogens is 4. The topological polar surface area (TPSA) is 129 Å². The molecule has 0 bridgehead atoms. The first-order valence-corrected chi connectivity index (χ1v) is 9.03. The number of nitrogen functional groups attached to an aromatic ring is 1. The summed E-state index contributed by atoms with van der Waals surface area (Å²) in [5.74, 6) is 0.572. The maximum absolute atomic E-state index is 13.0. The van der Waals surface area contributed by atoms with Crippen molar-refractivity contribution in [2.75, 3.05) is 18.2 Å². The third-order valence-corrected chi connectivity index (χ3v) is 4.37. The van der Waals surface area contributed by atoms with Gasteiger partial charge in [-0.25, -0.2) is 15.0 Å². The van der Waals surface area contributed by atoms with E-state index in [1.807, 2.05) is 30.3 Å². The standard InChI is InChI=1S/C21H18N6O3.ClH/c1-12-18(19(27-30-12)13-6-4-3-5-7-13)20(28)25-15-9-8-14(26-21(15)29-2)16-10-24-17(22)11-23-16;/h3-11H,1-2H3,(H2,22,24)(H,25,28);1H. The summed E-state index contributed by atoms with van der Waals surface area (Å²) in [6.07, 6.45) is 2.96. The predicted molar refractivity (Wildman–Crippen MR) is 118 cm³/mol. The van der Waals surface area contributed by atoms with Crippen LogP contribution in [0.1, 0.15) is 16.1 Å². The fraction of sp³-hybridized carbons (Fsp3) is 0.0952. The lowest BCUT2D eigenvalue weighted by Gasteiger charge is -2.11. The highest BCUT2D eigenvalue weighted by atomic mass is 35.5. The van der Waals surface area contributed by atoms with Gasteiger partial charge < -0.3 is 20.3 Å². The van der Waals surface area contributed by atoms with Crippen molar-refractivity contribution in [3.8, 4) is 28.5 Å². The van der Waals surface area contributed by atoms with Gasteiger partial charge in [-0.15, -0.1) is 12.4 Å². The molecule has 3 N–H and O–H groups in total. The average molecular weight is 439 g/mol. The van der Waals surface area contributed by atoms with Gasteiger partial charge in [0.15, 0.2) is 0 Å². The maximum Gasteiger partial charge on any atom is 0.261 e. The SMILES string of the molecule is COc1nc(-c2cnc(N)cn2)ccc1NC(=O)c1c(-c2ccccc2)noc1C.Cl. The molecule has 31 heavy (non-hydrogen) atoms. The highest BCUT2D eigenvalue weighted by Gasteiger charge is 2.23. The van der Waals surface area contributed by atoms with Crippen LogP contribution in [0.15, 0.2) is 59.4 Å². The van der Waals surface area contributed by atoms with Crippen LogP contribution in [-0.4, -0.2) is 33.1 Å². The van der Waals surface area contributed by atoms with Crippen molar-refractivity contribution in [2.45, 2.75) is 6.92 Å². The second-order valence-corrected chi connectivity index (χ2v) is 6.36. The summed E-state index contributed by atoms with van der Waals surface area (Å²) in [5, 5.41) is 6.86. The van der Waals surface area contributed by atoms with E-state index in [9.17, 15) is 4.79 Å². The van der Waals surface area contributed by atoms with Gasteiger partial charge in [-0.3, -0.25) is 4.79 Å². The van der Waals surface area contributed by atoms with Crippen molar-refractivity contribution >= 4 is 29.8 Å². The Balaban J connectivity index is 0.00000272. The third-order valence-electron chi connectivity index (χ3n) is 4.37. The molecule has 1 amide bonds. The van der Waals surface area contributed by atoms with Gasteiger partial charge >= 0.3 is 0 Å². The van der Waals surface area contributed by atoms with E-state index in [0.717, 1.165) is 5.56 Å². The minimum Gasteiger partial charge on any atom is -0.479 e. The van der Waals surface area contributed by atoms with Gasteiger partial charge in [-0.1, -0.05) is 35.5 Å². The van der Waals surface area contributed by atoms with Crippen LogP contribution in [0, 0.1) is 6.92 Å². The zero-order chi connectivity index (χ0) is 21.1. The van der Waals surface area contributed by atoms with E-state index in [-0.39, 0.29) is 24.2 Å². The van der Waals surface area contributed by atoms with E-state index < -0.39 is 0 Å². The van der Waals surface area contributed by atoms with Gasteiger partial charge in [-0.2, -0.15) is 0 Å². The lowest BCUT2D eigenvalue weighted by atomic mass is 10.1. The molecular weight excluding hydrogens is 420 g/mol. The number of ether oxygens (including phenoxy) is 1. The lowest BCUT2D eigenvalue weighted by molar-refractivity contribution is 0.102. The molecule has 0 unspecified atom stereocenters. The summed E-state index contributed by atoms with van der Waals surface area (Å²) in [5.41, 5.74) is 8.62. The van der Waals surface area contributed by atoms with Gasteiger partial charge in [-0.05, 0) is 19.1 Å². The number of carbonyl (C=O) groups excluding carboxylic acids is 1. The molecule has 0 aliphatic carbocycles. The number of anilines is 2. The molecule has 0 saturated carbocycles. The normalized spacial score (nSPS) is 10.3. The number of hydrogen-bond donors (Lipinski definition) is 2. The van der Waals surface area contributed by atoms with Crippen molar-refractivity contribution in [1.82, 2.24) is 20.1 Å². The van der Waals surface area contributed by atoms with Gasteiger partial charge in [0.25, 0.3) is 5.91 Å². The van der Waals surface area contributed by atoms with Crippen LogP contribution in [0.2, 0.25) is 0 Å². The number of nitrogens with zero attached hydrogens (tertiary/aromatic N) is 4. The molecular formula is C21H19ClN6O3. The average Bonchev–Trinajstić information content (AvgIpc) is 3.16. The van der Waals surface area contributed by atoms with Gasteiger partial charge in [0, 0.05) is 5.56 Å². The van der Waals surface area contributed by atoms with Crippen LogP contribution in [0.25, 0.3) is 22.6 Å². The predicted octanol–water partition coefficient (Wildman–Crippen LogP) is 3.77. The van der Waals surface area contributed by atoms with E-state index in [1.165, 1.54) is 19.5 Å². The molecule has 3 heterocycles. The summed E-state index contributed by atoms with van der Waals surface area (Å²) >= 11 is 0. The van der Waals surface area contributed by atoms with Crippen molar-refractivity contribution in [2.24, 2.45) is 0 Å². The van der Waals surface area contributed by atoms with Crippen LogP contribution in [-0.2, 0) is 0 Å². The van der Waals surface area contributed by atoms with Crippen molar-refractivity contribution < 1.29 is 14.1 Å². The Morgan fingerprint density at radius 1 is 1.06 bits per heavy atom. The molecule has 0 saturated heterocycles. The first-order chi connectivity index (χ1) is 14.6. The van der Waals surface area contributed by atoms with Crippen molar-refractivity contribution in [3.05, 3.63) is 66.2 Å². The Bertz CT molecular complexity index is 1200. The number of pyridine rings is 1. The molecule has 0 aliphatic rings. The molecule has 9 nitrogen and oxygen atoms in total. The molecule has 10 heteroatoms. The molecule has 0 aliphatic heterocycles. The second kappa shape index (κ2) is 9.23. The molecule has 1 aromatic carbocycles. The number of halogens is 1. The first kappa shape index (κ1) is 21.7. The van der Waals surface area contributed by atoms with E-state index in [4.69, 9.17) is 15.0 Å². The summed E-state index contributed by atoms with van der Waals surface area (Å²) in [6, 6.07) is 12.7. The Labute approximate surface area is 184 Å². The molecule has 3 aromatic heterocycles. The van der Waals surface area contributed by atoms with Gasteiger partial charge in [0.2, 0.25) is 5.88 Å². The number of aryl methyl sites for hydroxylation is 1. The Morgan fingerprint density at radius 3 is 2.52 bits per heavy atom. The zero-order valence-electron chi connectivity index (χ0n) is 16.7. The number of benzene rings is 1. The van der Waals surface area contributed by atoms with Crippen LogP contribution in [0.3, 0.4) is 0 Å². The van der Waals surface area contributed by atoms with Crippen LogP contribution >= 0.6 is 12.4 Å². The molecule has 4 rings (SSSR count). The summed E-state index contributed by atoms with van der Waals surface area (Å²) in [4.78, 5) is 25.6. The fourth-order valence-electron chi connectivity index (χ4n) is 2.92. The van der Waals surface area contributed by atoms with Crippen molar-refractivity contribution in [1.29, 1.82) is 0 Å². The molecule has 4 aromatic rings. The minimum atomic E-state index is -0.382. The maximum atomic E-state index is 13.0. The molecule has 0 radical (unpaired) electrons. The number of carbonyl (C=O) groups is 1. The van der Waals surface area contributed by atoms with Gasteiger partial charge in [0.05, 0.1) is 25.2 Å². The zero-order valence-corrected chi connectivity index (χ0v) is 17.5. The lowest BCUT2D eigenvalue weighted by Crippen LogP contribution is -2.14. The number of rotatable bonds is 5. The molecule has 0 spiro atoms. The van der Waals surface area contributed by atoms with E-state index in [0.29, 0.717) is 39.9 Å². The Kier molecular flexibility index (Phi) is 6.46. The quantitative estimate of drug-likeness (QED) is 0.481. The van der Waals surface area contributed by atoms with E-state index >= 15 is 0 Å². The number of nitrogens with one attached hydrogen (secondary N) is 1. The highest BCUT2D eigenvalue weighted by molar-refractivity contribution is 6.09. The summed E-state index contributed by atoms with van der Waals surface area (Å²) in [6.45, 7) is 1.69. The molecule has 0 fully saturated rings. The van der Waals surface area contributed by atoms with E-state index in [2.05, 4.69) is 25.4 Å². The Hall–Kier alpha value is -3.98. The first-order valence-electron chi connectivity index (χ1n) is 9.03. The number of hydrogen-bond acceptors (Lipinski definition) is 8. The van der Waals surface area contributed by atoms with E-state index in [1.54, 1.807) is 19.1 Å². The van der Waals surface area contributed by atoms with Crippen LogP contribution in [0.5, 0.6) is 5.88 Å².